The van der Waals surface area contributed by atoms with Crippen LogP contribution in [0.2, 0.25) is 0 Å². The molecule has 3 aliphatic rings. The Kier molecular flexibility index (Phi) is 7.68. The van der Waals surface area contributed by atoms with Crippen LogP contribution in [-0.4, -0.2) is 74.2 Å². The van der Waals surface area contributed by atoms with Crippen molar-refractivity contribution in [1.29, 1.82) is 0 Å². The van der Waals surface area contributed by atoms with Crippen LogP contribution in [0.1, 0.15) is 50.2 Å². The molecule has 5 nitrogen and oxygen atoms in total. The maximum absolute atomic E-state index is 13.6. The molecule has 2 heterocycles. The lowest BCUT2D eigenvalue weighted by molar-refractivity contribution is -0.144. The molecule has 3 fully saturated rings. The second-order valence-electron chi connectivity index (χ2n) is 9.94. The molecule has 0 spiro atoms. The van der Waals surface area contributed by atoms with Gasteiger partial charge in [0.2, 0.25) is 5.91 Å². The summed E-state index contributed by atoms with van der Waals surface area (Å²) in [6, 6.07) is 9.34. The van der Waals surface area contributed by atoms with Crippen molar-refractivity contribution < 1.29 is 9.53 Å². The Morgan fingerprint density at radius 2 is 2.06 bits per heavy atom. The standard InChI is InChI=1S/C26H41N3O2/c1-3-28-13-10-23-19-24(29-14-16-31-17-15-29)9-11-26(23,20-28)25(30)27-12-5-8-22-7-4-6-21(2)18-22/h4,6-7,18,23-24H,3,5,8-17,19-20H2,1-2H3,(H,27,30)/t23-,24+,26-/m1/s1. The lowest BCUT2D eigenvalue weighted by Crippen LogP contribution is -2.60. The van der Waals surface area contributed by atoms with Gasteiger partial charge in [-0.2, -0.15) is 0 Å². The van der Waals surface area contributed by atoms with E-state index in [2.05, 4.69) is 53.2 Å². The number of nitrogens with one attached hydrogen (secondary N) is 1. The molecule has 0 aromatic heterocycles. The number of fused-ring (bicyclic) bond motifs is 1. The van der Waals surface area contributed by atoms with E-state index < -0.39 is 0 Å². The molecular weight excluding hydrogens is 386 g/mol. The summed E-state index contributed by atoms with van der Waals surface area (Å²) in [6.07, 6.45) is 6.53. The van der Waals surface area contributed by atoms with Crippen LogP contribution in [0.15, 0.2) is 24.3 Å². The molecule has 1 aromatic rings. The maximum Gasteiger partial charge on any atom is 0.227 e. The van der Waals surface area contributed by atoms with E-state index in [4.69, 9.17) is 4.74 Å². The van der Waals surface area contributed by atoms with Gasteiger partial charge in [-0.25, -0.2) is 0 Å². The van der Waals surface area contributed by atoms with Crippen LogP contribution in [0.4, 0.5) is 0 Å². The third kappa shape index (κ3) is 5.32. The van der Waals surface area contributed by atoms with Crippen LogP contribution in [-0.2, 0) is 16.0 Å². The molecule has 0 unspecified atom stereocenters. The molecule has 1 saturated carbocycles. The fourth-order valence-corrected chi connectivity index (χ4v) is 6.17. The van der Waals surface area contributed by atoms with Crippen LogP contribution < -0.4 is 5.32 Å². The first-order chi connectivity index (χ1) is 15.1. The van der Waals surface area contributed by atoms with E-state index in [9.17, 15) is 4.79 Å². The normalized spacial score (nSPS) is 30.0. The average Bonchev–Trinajstić information content (AvgIpc) is 2.81. The van der Waals surface area contributed by atoms with E-state index in [1.807, 2.05) is 0 Å². The summed E-state index contributed by atoms with van der Waals surface area (Å²) in [6.45, 7) is 12.1. The van der Waals surface area contributed by atoms with Crippen LogP contribution >= 0.6 is 0 Å². The van der Waals surface area contributed by atoms with Gasteiger partial charge in [0.05, 0.1) is 18.6 Å². The molecule has 2 saturated heterocycles. The van der Waals surface area contributed by atoms with E-state index in [1.165, 1.54) is 17.5 Å². The van der Waals surface area contributed by atoms with Crippen LogP contribution in [0, 0.1) is 18.3 Å². The number of hydrogen-bond donors (Lipinski definition) is 1. The molecule has 1 aromatic carbocycles. The van der Waals surface area contributed by atoms with Crippen molar-refractivity contribution in [2.75, 3.05) is 52.5 Å². The van der Waals surface area contributed by atoms with Crippen LogP contribution in [0.25, 0.3) is 0 Å². The highest BCUT2D eigenvalue weighted by Gasteiger charge is 2.52. The monoisotopic (exact) mass is 427 g/mol. The van der Waals surface area contributed by atoms with E-state index in [1.54, 1.807) is 0 Å². The third-order valence-electron chi connectivity index (χ3n) is 8.03. The Labute approximate surface area is 188 Å². The van der Waals surface area contributed by atoms with Crippen LogP contribution in [0.5, 0.6) is 0 Å². The molecule has 2 aliphatic heterocycles. The van der Waals surface area contributed by atoms with Gasteiger partial charge in [0.25, 0.3) is 0 Å². The topological polar surface area (TPSA) is 44.8 Å². The molecule has 5 heteroatoms. The molecule has 1 aliphatic carbocycles. The Hall–Kier alpha value is -1.43. The molecule has 1 N–H and O–H groups in total. The summed E-state index contributed by atoms with van der Waals surface area (Å²) in [5.41, 5.74) is 2.48. The zero-order chi connectivity index (χ0) is 21.7. The molecule has 3 atom stereocenters. The minimum Gasteiger partial charge on any atom is -0.379 e. The first-order valence-corrected chi connectivity index (χ1v) is 12.5. The zero-order valence-electron chi connectivity index (χ0n) is 19.6. The smallest absolute Gasteiger partial charge is 0.227 e. The van der Waals surface area contributed by atoms with Crippen molar-refractivity contribution in [3.63, 3.8) is 0 Å². The minimum absolute atomic E-state index is 0.194. The highest BCUT2D eigenvalue weighted by Crippen LogP contribution is 2.47. The number of rotatable bonds is 7. The second-order valence-corrected chi connectivity index (χ2v) is 9.94. The van der Waals surface area contributed by atoms with E-state index in [0.29, 0.717) is 17.9 Å². The van der Waals surface area contributed by atoms with Gasteiger partial charge in [-0.15, -0.1) is 0 Å². The van der Waals surface area contributed by atoms with Gasteiger partial charge >= 0.3 is 0 Å². The second kappa shape index (κ2) is 10.5. The molecule has 1 amide bonds. The Bertz CT molecular complexity index is 733. The van der Waals surface area contributed by atoms with Gasteiger partial charge in [0.1, 0.15) is 0 Å². The van der Waals surface area contributed by atoms with Gasteiger partial charge in [-0.3, -0.25) is 9.69 Å². The lowest BCUT2D eigenvalue weighted by atomic mass is 9.61. The van der Waals surface area contributed by atoms with Gasteiger partial charge in [0.15, 0.2) is 0 Å². The number of aryl methyl sites for hydroxylation is 2. The van der Waals surface area contributed by atoms with Crippen molar-refractivity contribution in [2.24, 2.45) is 11.3 Å². The molecule has 0 radical (unpaired) electrons. The lowest BCUT2D eigenvalue weighted by Gasteiger charge is -2.53. The summed E-state index contributed by atoms with van der Waals surface area (Å²) in [5.74, 6) is 0.828. The highest BCUT2D eigenvalue weighted by atomic mass is 16.5. The van der Waals surface area contributed by atoms with E-state index in [0.717, 1.165) is 84.6 Å². The average molecular weight is 428 g/mol. The first-order valence-electron chi connectivity index (χ1n) is 12.5. The zero-order valence-corrected chi connectivity index (χ0v) is 19.6. The first kappa shape index (κ1) is 22.8. The summed E-state index contributed by atoms with van der Waals surface area (Å²) in [7, 11) is 0. The predicted octanol–water partition coefficient (Wildman–Crippen LogP) is 3.26. The highest BCUT2D eigenvalue weighted by molar-refractivity contribution is 5.83. The van der Waals surface area contributed by atoms with E-state index in [-0.39, 0.29) is 5.41 Å². The fraction of sp³-hybridized carbons (Fsp3) is 0.731. The number of hydrogen-bond acceptors (Lipinski definition) is 4. The van der Waals surface area contributed by atoms with Crippen molar-refractivity contribution in [2.45, 2.75) is 58.4 Å². The summed E-state index contributed by atoms with van der Waals surface area (Å²) in [5, 5.41) is 3.37. The maximum atomic E-state index is 13.6. The van der Waals surface area contributed by atoms with Crippen molar-refractivity contribution in [1.82, 2.24) is 15.1 Å². The molecule has 0 bridgehead atoms. The number of benzene rings is 1. The molecule has 172 valence electrons. The van der Waals surface area contributed by atoms with E-state index >= 15 is 0 Å². The van der Waals surface area contributed by atoms with Crippen molar-refractivity contribution >= 4 is 5.91 Å². The van der Waals surface area contributed by atoms with Gasteiger partial charge < -0.3 is 15.0 Å². The van der Waals surface area contributed by atoms with Gasteiger partial charge in [-0.1, -0.05) is 36.8 Å². The summed E-state index contributed by atoms with van der Waals surface area (Å²) < 4.78 is 5.56. The minimum atomic E-state index is -0.194. The number of carbonyl (C=O) groups is 1. The number of morpholine rings is 1. The largest absolute Gasteiger partial charge is 0.379 e. The number of amides is 1. The summed E-state index contributed by atoms with van der Waals surface area (Å²) >= 11 is 0. The van der Waals surface area contributed by atoms with Gasteiger partial charge in [0, 0.05) is 32.2 Å². The molecular formula is C26H41N3O2. The predicted molar refractivity (Wildman–Crippen MR) is 125 cm³/mol. The Morgan fingerprint density at radius 1 is 1.23 bits per heavy atom. The molecule has 31 heavy (non-hydrogen) atoms. The number of likely N-dealkylation sites (tertiary alicyclic amines) is 1. The van der Waals surface area contributed by atoms with Crippen molar-refractivity contribution in [3.05, 3.63) is 35.4 Å². The Balaban J connectivity index is 1.36. The third-order valence-corrected chi connectivity index (χ3v) is 8.03. The number of ether oxygens (including phenoxy) is 1. The number of nitrogens with zero attached hydrogens (tertiary/aromatic N) is 2. The van der Waals surface area contributed by atoms with Crippen molar-refractivity contribution in [3.8, 4) is 0 Å². The van der Waals surface area contributed by atoms with Crippen LogP contribution in [0.3, 0.4) is 0 Å². The molecule has 4 rings (SSSR count). The number of carbonyl (C=O) groups excluding carboxylic acids is 1. The quantitative estimate of drug-likeness (QED) is 0.679. The Morgan fingerprint density at radius 3 is 2.84 bits per heavy atom. The number of piperidine rings is 1. The summed E-state index contributed by atoms with van der Waals surface area (Å²) in [4.78, 5) is 18.7. The fourth-order valence-electron chi connectivity index (χ4n) is 6.17. The van der Waals surface area contributed by atoms with Gasteiger partial charge in [-0.05, 0) is 70.0 Å². The SMILES string of the molecule is CCN1CC[C@@H]2C[C@@H](N3CCOCC3)CC[C@@]2(C(=O)NCCCc2cccc(C)c2)C1.